The number of nitrogens with zero attached hydrogens (tertiary/aromatic N) is 6. The summed E-state index contributed by atoms with van der Waals surface area (Å²) in [7, 11) is 0. The number of ketones is 3. The lowest BCUT2D eigenvalue weighted by Crippen LogP contribution is -2.50. The molecule has 0 aliphatic carbocycles. The summed E-state index contributed by atoms with van der Waals surface area (Å²) in [6.07, 6.45) is 7.76. The maximum Gasteiger partial charge on any atom is 0.253 e. The van der Waals surface area contributed by atoms with Gasteiger partial charge < -0.3 is 25.1 Å². The number of H-pyrrole nitrogens is 2. The minimum Gasteiger partial charge on any atom is -0.394 e. The van der Waals surface area contributed by atoms with E-state index in [1.54, 1.807) is 6.92 Å². The van der Waals surface area contributed by atoms with Crippen molar-refractivity contribution in [3.05, 3.63) is 168 Å². The summed E-state index contributed by atoms with van der Waals surface area (Å²) in [5, 5.41) is 18.1. The number of nitrogens with one attached hydrogen (secondary N) is 2. The van der Waals surface area contributed by atoms with Crippen molar-refractivity contribution >= 4 is 69.6 Å². The van der Waals surface area contributed by atoms with Gasteiger partial charge in [-0.2, -0.15) is 0 Å². The third-order valence-corrected chi connectivity index (χ3v) is 16.0. The van der Waals surface area contributed by atoms with Crippen molar-refractivity contribution in [1.82, 2.24) is 39.5 Å². The second-order valence-corrected chi connectivity index (χ2v) is 23.2. The molecule has 456 valence electrons. The van der Waals surface area contributed by atoms with Crippen molar-refractivity contribution in [3.8, 4) is 44.5 Å². The summed E-state index contributed by atoms with van der Waals surface area (Å²) in [5.41, 5.74) is 15.7. The lowest BCUT2D eigenvalue weighted by Gasteiger charge is -2.35. The number of fused-ring (bicyclic) bond motifs is 8. The fourth-order valence-electron chi connectivity index (χ4n) is 10.6. The minimum absolute atomic E-state index is 0. The number of hydrogen-bond donors (Lipinski definition) is 4. The molecule has 14 nitrogen and oxygen atoms in total. The molecular formula is C73H88N8O6. The number of benzene rings is 4. The molecule has 87 heavy (non-hydrogen) atoms. The number of rotatable bonds is 15. The van der Waals surface area contributed by atoms with Crippen LogP contribution in [0.25, 0.3) is 90.9 Å². The van der Waals surface area contributed by atoms with E-state index in [1.807, 2.05) is 88.9 Å². The summed E-state index contributed by atoms with van der Waals surface area (Å²) in [5.74, 6) is 1.09. The Bertz CT molecular complexity index is 3650. The number of hydrogen-bond acceptors (Lipinski definition) is 11. The predicted molar refractivity (Wildman–Crippen MR) is 358 cm³/mol. The molecular weight excluding hydrogens is 1080 g/mol. The highest BCUT2D eigenvalue weighted by molar-refractivity contribution is 6.01. The van der Waals surface area contributed by atoms with Crippen LogP contribution in [0, 0.1) is 17.8 Å². The first-order valence-electron chi connectivity index (χ1n) is 29.8. The first-order valence-corrected chi connectivity index (χ1v) is 29.8. The molecule has 3 aromatic heterocycles. The van der Waals surface area contributed by atoms with Crippen LogP contribution >= 0.6 is 0 Å². The van der Waals surface area contributed by atoms with Crippen LogP contribution in [-0.2, 0) is 14.4 Å². The Morgan fingerprint density at radius 2 is 0.759 bits per heavy atom. The second-order valence-electron chi connectivity index (χ2n) is 23.2. The van der Waals surface area contributed by atoms with Gasteiger partial charge in [-0.25, -0.2) is 9.97 Å². The Morgan fingerprint density at radius 3 is 1.07 bits per heavy atom. The number of carbonyl (C=O) groups excluding carboxylic acids is 4. The lowest BCUT2D eigenvalue weighted by atomic mass is 10.0. The Morgan fingerprint density at radius 1 is 0.448 bits per heavy atom. The van der Waals surface area contributed by atoms with Gasteiger partial charge in [0.05, 0.1) is 48.6 Å². The van der Waals surface area contributed by atoms with E-state index in [9.17, 15) is 24.3 Å². The van der Waals surface area contributed by atoms with Gasteiger partial charge in [-0.15, -0.1) is 0 Å². The highest BCUT2D eigenvalue weighted by atomic mass is 16.3. The highest BCUT2D eigenvalue weighted by Crippen LogP contribution is 2.38. The van der Waals surface area contributed by atoms with Gasteiger partial charge >= 0.3 is 0 Å². The van der Waals surface area contributed by atoms with Crippen LogP contribution in [0.1, 0.15) is 96.5 Å². The van der Waals surface area contributed by atoms with E-state index in [-0.39, 0.29) is 62.5 Å². The van der Waals surface area contributed by atoms with E-state index in [0.29, 0.717) is 51.4 Å². The average molecular weight is 1170 g/mol. The monoisotopic (exact) mass is 1170 g/mol. The molecule has 7 aromatic rings. The highest BCUT2D eigenvalue weighted by Gasteiger charge is 2.26. The van der Waals surface area contributed by atoms with E-state index < -0.39 is 6.10 Å². The summed E-state index contributed by atoms with van der Waals surface area (Å²) in [6.45, 7) is 20.4. The molecule has 1 unspecified atom stereocenters. The molecule has 4 N–H and O–H groups in total. The molecule has 4 aromatic carbocycles. The fraction of sp³-hybridized carbons (Fsp3) is 0.342. The Balaban J connectivity index is 0.000000366. The molecule has 2 fully saturated rings. The number of aliphatic hydroxyl groups excluding tert-OH is 2. The molecule has 2 saturated heterocycles. The number of aliphatic hydroxyl groups is 2. The van der Waals surface area contributed by atoms with Gasteiger partial charge in [0.25, 0.3) is 5.91 Å². The normalized spacial score (nSPS) is 14.6. The number of aromatic nitrogens is 4. The zero-order valence-corrected chi connectivity index (χ0v) is 50.1. The van der Waals surface area contributed by atoms with Crippen molar-refractivity contribution < 1.29 is 29.4 Å². The van der Waals surface area contributed by atoms with Crippen molar-refractivity contribution in [1.29, 1.82) is 0 Å². The largest absolute Gasteiger partial charge is 0.394 e. The average Bonchev–Trinajstić information content (AvgIpc) is 1.83. The molecule has 1 atom stereocenters. The summed E-state index contributed by atoms with van der Waals surface area (Å²) < 4.78 is 0. The zero-order chi connectivity index (χ0) is 60.1. The molecule has 14 heteroatoms. The molecule has 7 heterocycles. The van der Waals surface area contributed by atoms with E-state index in [4.69, 9.17) is 15.1 Å². The minimum atomic E-state index is -0.654. The van der Waals surface area contributed by atoms with E-state index in [2.05, 4.69) is 146 Å². The van der Waals surface area contributed by atoms with Gasteiger partial charge in [-0.3, -0.25) is 33.9 Å². The molecule has 0 radical (unpaired) electrons. The van der Waals surface area contributed by atoms with E-state index >= 15 is 0 Å². The van der Waals surface area contributed by atoms with Gasteiger partial charge in [0.15, 0.2) is 0 Å². The van der Waals surface area contributed by atoms with Crippen LogP contribution in [0.4, 0.5) is 0 Å². The van der Waals surface area contributed by atoms with Crippen LogP contribution in [0.15, 0.2) is 140 Å². The smallest absolute Gasteiger partial charge is 0.253 e. The molecule has 8 bridgehead atoms. The Hall–Kier alpha value is -8.24. The standard InChI is InChI=1S/C54H46N6O2.C12H24N2O3.C5H10O.2CH4/c1-35(2)49(61)34-59-30-32-60(33-31-59)54(62)40-20-18-39(19-21-40)53-47-28-26-45(57-47)51(37-14-8-4-9-15-37)43-24-22-41(55-43)50(36-12-6-3-7-13-36)42-23-25-44(56-42)52(38-16-10-5-11-17-38)46-27-29-48(53)58-46;1-10(2)12(17)8-14-5-3-13(4-6-14)7-11(16)9-15;1-4(2)5(3)6;;/h3-29,35,55,58H,30-34H2,1-2H3;10-11,15-16H,3-9H2,1-2H3;4H,1-3H3;2*1H4. The maximum absolute atomic E-state index is 13.8. The Labute approximate surface area is 514 Å². The summed E-state index contributed by atoms with van der Waals surface area (Å²) in [6, 6.07) is 47.6. The van der Waals surface area contributed by atoms with Crippen molar-refractivity contribution in [2.24, 2.45) is 17.8 Å². The molecule has 4 aliphatic heterocycles. The first kappa shape index (κ1) is 66.3. The topological polar surface area (TPSA) is 179 Å². The molecule has 4 aliphatic rings. The quantitative estimate of drug-likeness (QED) is 0.0767. The second kappa shape index (κ2) is 30.9. The predicted octanol–water partition coefficient (Wildman–Crippen LogP) is 13.0. The van der Waals surface area contributed by atoms with Gasteiger partial charge in [0, 0.05) is 127 Å². The van der Waals surface area contributed by atoms with Crippen molar-refractivity contribution in [2.45, 2.75) is 69.4 Å². The number of β-amino-alcohol motifs (C(OH)–C–C–N with tert-alkyl or cyclic N) is 1. The fourth-order valence-corrected chi connectivity index (χ4v) is 10.6. The van der Waals surface area contributed by atoms with Crippen LogP contribution < -0.4 is 0 Å². The van der Waals surface area contributed by atoms with Crippen LogP contribution in [0.2, 0.25) is 0 Å². The number of piperazine rings is 2. The third kappa shape index (κ3) is 16.6. The van der Waals surface area contributed by atoms with Crippen LogP contribution in [0.3, 0.4) is 0 Å². The molecule has 11 rings (SSSR count). The summed E-state index contributed by atoms with van der Waals surface area (Å²) in [4.78, 5) is 74.7. The third-order valence-electron chi connectivity index (χ3n) is 16.0. The number of Topliss-reactive ketones (excluding diaryl/α,β-unsaturated/α-hetero) is 3. The van der Waals surface area contributed by atoms with Gasteiger partial charge in [-0.1, -0.05) is 160 Å². The molecule has 0 spiro atoms. The molecule has 1 amide bonds. The van der Waals surface area contributed by atoms with Gasteiger partial charge in [0.2, 0.25) is 0 Å². The number of aromatic amines is 2. The first-order chi connectivity index (χ1) is 41.0. The number of amides is 1. The van der Waals surface area contributed by atoms with E-state index in [1.165, 1.54) is 0 Å². The molecule has 0 saturated carbocycles. The number of carbonyl (C=O) groups is 4. The van der Waals surface area contributed by atoms with E-state index in [0.717, 1.165) is 116 Å². The maximum atomic E-state index is 13.8. The van der Waals surface area contributed by atoms with Gasteiger partial charge in [-0.05, 0) is 89.9 Å². The van der Waals surface area contributed by atoms with Crippen molar-refractivity contribution in [3.63, 3.8) is 0 Å². The lowest BCUT2D eigenvalue weighted by molar-refractivity contribution is -0.124. The van der Waals surface area contributed by atoms with Crippen LogP contribution in [0.5, 0.6) is 0 Å². The Kier molecular flexibility index (Phi) is 23.5. The SMILES string of the molecule is C.C.CC(=O)C(C)C.CC(C)C(=O)CN1CCN(C(=O)c2ccc(-c3c4nc(c(-c5ccccc5)c5ccc([nH]5)c(-c5ccccc5)c5nc(c(-c6ccccc6)c6ccc3[nH]6)C=C5)C=C4)cc2)CC1.CC(C)C(=O)CN1CCN(CC(O)CO)CC1. The zero-order valence-electron chi connectivity index (χ0n) is 50.1. The summed E-state index contributed by atoms with van der Waals surface area (Å²) >= 11 is 0. The van der Waals surface area contributed by atoms with Crippen LogP contribution in [-0.4, -0.2) is 158 Å². The van der Waals surface area contributed by atoms with Gasteiger partial charge in [0.1, 0.15) is 17.3 Å². The van der Waals surface area contributed by atoms with Crippen molar-refractivity contribution in [2.75, 3.05) is 78.6 Å².